The lowest BCUT2D eigenvalue weighted by atomic mass is 9.90. The molecule has 0 aromatic heterocycles. The van der Waals surface area contributed by atoms with E-state index in [4.69, 9.17) is 18.0 Å². The highest BCUT2D eigenvalue weighted by molar-refractivity contribution is 6.75. The molecular weight excluding hydrogens is 497 g/mol. The van der Waals surface area contributed by atoms with Gasteiger partial charge in [0.1, 0.15) is 0 Å². The Hall–Kier alpha value is 0.231. The molecule has 0 aliphatic carbocycles. The van der Waals surface area contributed by atoms with Crippen LogP contribution in [0.5, 0.6) is 0 Å². The molecule has 1 heterocycles. The summed E-state index contributed by atoms with van der Waals surface area (Å²) in [7, 11) is -5.81. The Morgan fingerprint density at radius 3 is 1.58 bits per heavy atom. The zero-order chi connectivity index (χ0) is 28.5. The molecule has 0 bridgehead atoms. The predicted molar refractivity (Wildman–Crippen MR) is 165 cm³/mol. The van der Waals surface area contributed by atoms with E-state index in [1.165, 1.54) is 0 Å². The maximum atomic E-state index is 7.08. The Balaban J connectivity index is 3.29. The van der Waals surface area contributed by atoms with Gasteiger partial charge in [0.2, 0.25) is 0 Å². The van der Waals surface area contributed by atoms with E-state index in [0.29, 0.717) is 6.61 Å². The van der Waals surface area contributed by atoms with Crippen molar-refractivity contribution in [3.05, 3.63) is 12.7 Å². The van der Waals surface area contributed by atoms with Crippen molar-refractivity contribution in [2.45, 2.75) is 161 Å². The summed E-state index contributed by atoms with van der Waals surface area (Å²) in [5, 5.41) is 0.467. The summed E-state index contributed by atoms with van der Waals surface area (Å²) in [6.45, 7) is 41.8. The molecule has 0 radical (unpaired) electrons. The Bertz CT molecular complexity index is 714. The molecular formula is C29H62O4Si3. The molecule has 1 aliphatic rings. The fourth-order valence-electron chi connectivity index (χ4n) is 3.74. The molecule has 0 aromatic carbocycles. The van der Waals surface area contributed by atoms with Crippen LogP contribution in [0, 0.1) is 5.92 Å². The van der Waals surface area contributed by atoms with Crippen LogP contribution in [0.1, 0.15) is 82.1 Å². The standard InChI is InChI=1S/C29H62O4Si3/c1-18-22(2)26-25(33-36(16,17)29(9,10)11)21-24(32-35(14,15)28(6,7)8)23(31-26)19-20-30-34(12,13)27(3,4)5/h18,22-26H,1,19-21H2,2-17H3/t22-,23+,24+,25-,26-/m0/s1. The van der Waals surface area contributed by atoms with Crippen molar-refractivity contribution in [1.82, 2.24) is 0 Å². The third-order valence-corrected chi connectivity index (χ3v) is 23.2. The average molecular weight is 559 g/mol. The van der Waals surface area contributed by atoms with E-state index in [2.05, 4.69) is 115 Å². The van der Waals surface area contributed by atoms with E-state index < -0.39 is 25.0 Å². The molecule has 0 aromatic rings. The highest BCUT2D eigenvalue weighted by atomic mass is 28.4. The minimum Gasteiger partial charge on any atom is -0.417 e. The van der Waals surface area contributed by atoms with Gasteiger partial charge in [-0.15, -0.1) is 6.58 Å². The summed E-state index contributed by atoms with van der Waals surface area (Å²) in [5.74, 6) is 0.206. The molecule has 214 valence electrons. The molecule has 36 heavy (non-hydrogen) atoms. The van der Waals surface area contributed by atoms with Gasteiger partial charge in [-0.05, 0) is 60.8 Å². The Kier molecular flexibility index (Phi) is 11.2. The number of hydrogen-bond acceptors (Lipinski definition) is 4. The SMILES string of the molecule is C=C[C@H](C)[C@@H]1O[C@H](CCO[Si](C)(C)C(C)(C)C)[C@H](O[Si](C)(C)C(C)(C)C)C[C@@H]1O[Si](C)(C)C(C)(C)C. The van der Waals surface area contributed by atoms with Gasteiger partial charge in [-0.1, -0.05) is 75.3 Å². The number of ether oxygens (including phenoxy) is 1. The molecule has 0 unspecified atom stereocenters. The molecule has 0 amide bonds. The van der Waals surface area contributed by atoms with Crippen LogP contribution in [0.25, 0.3) is 0 Å². The van der Waals surface area contributed by atoms with Gasteiger partial charge in [0.25, 0.3) is 0 Å². The monoisotopic (exact) mass is 558 g/mol. The molecule has 0 saturated carbocycles. The summed E-state index contributed by atoms with van der Waals surface area (Å²) in [4.78, 5) is 0. The van der Waals surface area contributed by atoms with Gasteiger partial charge in [-0.2, -0.15) is 0 Å². The van der Waals surface area contributed by atoms with Gasteiger partial charge in [0, 0.05) is 18.9 Å². The minimum atomic E-state index is -2.00. The molecule has 0 spiro atoms. The smallest absolute Gasteiger partial charge is 0.192 e. The van der Waals surface area contributed by atoms with E-state index in [1.807, 2.05) is 6.08 Å². The van der Waals surface area contributed by atoms with Crippen molar-refractivity contribution in [1.29, 1.82) is 0 Å². The van der Waals surface area contributed by atoms with Crippen LogP contribution in [0.15, 0.2) is 12.7 Å². The quantitative estimate of drug-likeness (QED) is 0.198. The number of hydrogen-bond donors (Lipinski definition) is 0. The fourth-order valence-corrected chi connectivity index (χ4v) is 7.50. The molecule has 4 nitrogen and oxygen atoms in total. The van der Waals surface area contributed by atoms with E-state index in [9.17, 15) is 0 Å². The van der Waals surface area contributed by atoms with E-state index in [-0.39, 0.29) is 45.4 Å². The van der Waals surface area contributed by atoms with Crippen LogP contribution < -0.4 is 0 Å². The third-order valence-electron chi connectivity index (χ3n) is 9.64. The van der Waals surface area contributed by atoms with Gasteiger partial charge in [-0.25, -0.2) is 0 Å². The topological polar surface area (TPSA) is 36.9 Å². The van der Waals surface area contributed by atoms with Gasteiger partial charge >= 0.3 is 0 Å². The maximum absolute atomic E-state index is 7.08. The van der Waals surface area contributed by atoms with Crippen LogP contribution in [0.2, 0.25) is 54.4 Å². The first-order valence-electron chi connectivity index (χ1n) is 14.1. The van der Waals surface area contributed by atoms with Crippen LogP contribution in [0.4, 0.5) is 0 Å². The van der Waals surface area contributed by atoms with Crippen molar-refractivity contribution in [2.24, 2.45) is 5.92 Å². The Morgan fingerprint density at radius 1 is 0.778 bits per heavy atom. The first-order valence-corrected chi connectivity index (χ1v) is 22.9. The largest absolute Gasteiger partial charge is 0.417 e. The molecule has 1 saturated heterocycles. The summed E-state index contributed by atoms with van der Waals surface area (Å²) < 4.78 is 27.6. The van der Waals surface area contributed by atoms with Crippen molar-refractivity contribution in [2.75, 3.05) is 6.61 Å². The summed E-state index contributed by atoms with van der Waals surface area (Å²) in [6, 6.07) is 0. The highest BCUT2D eigenvalue weighted by Gasteiger charge is 2.49. The normalized spacial score (nSPS) is 26.1. The zero-order valence-corrected chi connectivity index (χ0v) is 29.9. The molecule has 7 heteroatoms. The van der Waals surface area contributed by atoms with E-state index >= 15 is 0 Å². The second-order valence-corrected chi connectivity index (χ2v) is 30.0. The molecule has 0 N–H and O–H groups in total. The van der Waals surface area contributed by atoms with Crippen molar-refractivity contribution in [3.8, 4) is 0 Å². The van der Waals surface area contributed by atoms with Crippen molar-refractivity contribution in [3.63, 3.8) is 0 Å². The second kappa shape index (κ2) is 11.8. The lowest BCUT2D eigenvalue weighted by Gasteiger charge is -2.50. The summed E-state index contributed by atoms with van der Waals surface area (Å²) in [6.07, 6.45) is 3.73. The van der Waals surface area contributed by atoms with Crippen molar-refractivity contribution < 1.29 is 18.0 Å². The number of rotatable bonds is 10. The van der Waals surface area contributed by atoms with Gasteiger partial charge in [0.15, 0.2) is 25.0 Å². The minimum absolute atomic E-state index is 0.00411. The fraction of sp³-hybridized carbons (Fsp3) is 0.931. The average Bonchev–Trinajstić information content (AvgIpc) is 2.65. The van der Waals surface area contributed by atoms with Gasteiger partial charge in [0.05, 0.1) is 24.4 Å². The van der Waals surface area contributed by atoms with E-state index in [1.54, 1.807) is 0 Å². The maximum Gasteiger partial charge on any atom is 0.192 e. The Morgan fingerprint density at radius 2 is 1.19 bits per heavy atom. The molecule has 1 fully saturated rings. The molecule has 5 atom stereocenters. The Labute approximate surface area is 228 Å². The predicted octanol–water partition coefficient (Wildman–Crippen LogP) is 9.16. The van der Waals surface area contributed by atoms with Gasteiger partial charge < -0.3 is 18.0 Å². The third kappa shape index (κ3) is 8.62. The van der Waals surface area contributed by atoms with Crippen LogP contribution >= 0.6 is 0 Å². The van der Waals surface area contributed by atoms with Crippen LogP contribution in [-0.4, -0.2) is 56.0 Å². The van der Waals surface area contributed by atoms with Crippen LogP contribution in [-0.2, 0) is 18.0 Å². The summed E-state index contributed by atoms with van der Waals surface area (Å²) in [5.41, 5.74) is 0. The van der Waals surface area contributed by atoms with Gasteiger partial charge in [-0.3, -0.25) is 0 Å². The van der Waals surface area contributed by atoms with Crippen molar-refractivity contribution >= 4 is 25.0 Å². The first kappa shape index (κ1) is 34.3. The lowest BCUT2D eigenvalue weighted by Crippen LogP contribution is -2.58. The van der Waals surface area contributed by atoms with Crippen LogP contribution in [0.3, 0.4) is 0 Å². The zero-order valence-electron chi connectivity index (χ0n) is 26.9. The molecule has 1 aliphatic heterocycles. The second-order valence-electron chi connectivity index (χ2n) is 15.7. The lowest BCUT2D eigenvalue weighted by molar-refractivity contribution is -0.174. The molecule has 1 rings (SSSR count). The van der Waals surface area contributed by atoms with E-state index in [0.717, 1.165) is 12.8 Å². The first-order chi connectivity index (χ1) is 15.9. The highest BCUT2D eigenvalue weighted by Crippen LogP contribution is 2.44. The summed E-state index contributed by atoms with van der Waals surface area (Å²) >= 11 is 0.